The van der Waals surface area contributed by atoms with Crippen molar-refractivity contribution in [1.29, 1.82) is 0 Å². The summed E-state index contributed by atoms with van der Waals surface area (Å²) in [4.78, 5) is 245. The predicted molar refractivity (Wildman–Crippen MR) is 489 cm³/mol. The highest BCUT2D eigenvalue weighted by Crippen LogP contribution is 2.36. The number of nitrogens with zero attached hydrogens (tertiary/aromatic N) is 8. The van der Waals surface area contributed by atoms with Gasteiger partial charge in [-0.05, 0) is 111 Å². The molecule has 0 aliphatic carbocycles. The van der Waals surface area contributed by atoms with Gasteiger partial charge in [0.25, 0.3) is 11.8 Å². The molecule has 41 heteroatoms. The van der Waals surface area contributed by atoms with Crippen molar-refractivity contribution in [3.63, 3.8) is 0 Å². The van der Waals surface area contributed by atoms with Gasteiger partial charge in [-0.1, -0.05) is 101 Å². The lowest BCUT2D eigenvalue weighted by Crippen LogP contribution is -2.54. The summed E-state index contributed by atoms with van der Waals surface area (Å²) < 4.78 is 11.6. The third-order valence-corrected chi connectivity index (χ3v) is 25.8. The van der Waals surface area contributed by atoms with E-state index in [1.165, 1.54) is 74.9 Å². The van der Waals surface area contributed by atoms with Crippen molar-refractivity contribution in [2.75, 3.05) is 64.5 Å². The maximum Gasteiger partial charge on any atom is 0.306 e. The molecule has 0 bridgehead atoms. The second kappa shape index (κ2) is 51.8. The molecule has 2 aromatic carbocycles. The number of aromatic nitrogens is 2. The number of anilines is 2. The van der Waals surface area contributed by atoms with E-state index in [1.54, 1.807) is 23.9 Å². The summed E-state index contributed by atoms with van der Waals surface area (Å²) in [6.07, 6.45) is -1.48. The van der Waals surface area contributed by atoms with Crippen molar-refractivity contribution in [1.82, 2.24) is 60.9 Å². The number of carbonyl (C=O) groups is 17. The number of ether oxygens (including phenoxy) is 2. The van der Waals surface area contributed by atoms with Crippen LogP contribution in [-0.2, 0) is 94.2 Å². The molecule has 4 aromatic rings. The number of aromatic hydroxyl groups is 2. The van der Waals surface area contributed by atoms with E-state index in [2.05, 4.69) is 67.1 Å². The number of imide groups is 2. The van der Waals surface area contributed by atoms with Crippen molar-refractivity contribution in [2.45, 2.75) is 258 Å². The number of esters is 2. The molecular formula is C89H128N14O23S4. The maximum atomic E-state index is 14.9. The minimum Gasteiger partial charge on any atom is -0.506 e. The molecule has 0 radical (unpaired) electrons. The van der Waals surface area contributed by atoms with Crippen LogP contribution in [-0.4, -0.2) is 255 Å². The number of carboxylic acids is 2. The molecule has 4 unspecified atom stereocenters. The zero-order valence-corrected chi connectivity index (χ0v) is 80.0. The fourth-order valence-electron chi connectivity index (χ4n) is 15.1. The summed E-state index contributed by atoms with van der Waals surface area (Å²) >= 11 is 10.4. The van der Waals surface area contributed by atoms with Crippen LogP contribution in [0.5, 0.6) is 11.5 Å². The number of carbonyl (C=O) groups excluding carboxylic acids is 15. The summed E-state index contributed by atoms with van der Waals surface area (Å²) in [5, 5.41) is 62.6. The minimum atomic E-state index is -1.21. The molecule has 10 N–H and O–H groups in total. The normalized spacial score (nSPS) is 16.4. The number of phenolic OH excluding ortho intramolecular Hbond substituents is 2. The molecule has 2 aliphatic heterocycles. The minimum absolute atomic E-state index is 0.0406. The molecule has 37 nitrogen and oxygen atoms in total. The number of aliphatic carboxylic acids is 2. The number of benzene rings is 2. The van der Waals surface area contributed by atoms with Crippen LogP contribution < -0.4 is 31.9 Å². The number of amides is 13. The van der Waals surface area contributed by atoms with Gasteiger partial charge in [0.15, 0.2) is 12.2 Å². The Morgan fingerprint density at radius 3 is 1.34 bits per heavy atom. The summed E-state index contributed by atoms with van der Waals surface area (Å²) in [6.45, 7) is 19.0. The second-order valence-corrected chi connectivity index (χ2v) is 37.2. The zero-order chi connectivity index (χ0) is 96.8. The van der Waals surface area contributed by atoms with Gasteiger partial charge in [-0.25, -0.2) is 9.97 Å². The van der Waals surface area contributed by atoms with Crippen molar-refractivity contribution in [3.8, 4) is 11.5 Å². The van der Waals surface area contributed by atoms with E-state index >= 15 is 0 Å². The number of thiol groups is 2. The van der Waals surface area contributed by atoms with Gasteiger partial charge < -0.3 is 71.6 Å². The van der Waals surface area contributed by atoms with Crippen LogP contribution in [0.25, 0.3) is 0 Å². The van der Waals surface area contributed by atoms with Crippen LogP contribution in [0.2, 0.25) is 0 Å². The molecule has 2 aromatic heterocycles. The fourth-order valence-corrected chi connectivity index (χ4v) is 17.4. The first-order valence-electron chi connectivity index (χ1n) is 43.9. The first kappa shape index (κ1) is 108. The number of hydrazine groups is 1. The molecule has 4 heterocycles. The van der Waals surface area contributed by atoms with Crippen molar-refractivity contribution < 1.29 is 111 Å². The quantitative estimate of drug-likeness (QED) is 0.00492. The van der Waals surface area contributed by atoms with Gasteiger partial charge in [0.05, 0.1) is 46.8 Å². The summed E-state index contributed by atoms with van der Waals surface area (Å²) in [6, 6.07) is 4.25. The van der Waals surface area contributed by atoms with Gasteiger partial charge in [0.1, 0.15) is 38.9 Å². The number of likely N-dealkylation sites (tertiary alicyclic amines) is 2. The number of phenols is 2. The number of thiazole rings is 2. The molecule has 716 valence electrons. The predicted octanol–water partition coefficient (Wildman–Crippen LogP) is 8.44. The third kappa shape index (κ3) is 32.7. The number of hydrogen-bond acceptors (Lipinski definition) is 28. The molecule has 0 saturated carbocycles. The smallest absolute Gasteiger partial charge is 0.306 e. The van der Waals surface area contributed by atoms with Gasteiger partial charge in [0.2, 0.25) is 65.0 Å². The lowest BCUT2D eigenvalue weighted by molar-refractivity contribution is -0.166. The number of carboxylic acid groups (broad SMARTS) is 2. The van der Waals surface area contributed by atoms with E-state index in [0.29, 0.717) is 30.4 Å². The van der Waals surface area contributed by atoms with Crippen molar-refractivity contribution >= 4 is 160 Å². The lowest BCUT2D eigenvalue weighted by Gasteiger charge is -2.37. The number of unbranched alkanes of at least 4 members (excludes halogenated alkanes) is 2. The van der Waals surface area contributed by atoms with Gasteiger partial charge in [-0.3, -0.25) is 101 Å². The summed E-state index contributed by atoms with van der Waals surface area (Å²) in [5.41, 5.74) is 0.0142. The SMILES string of the molecule is CC[C@H](C)CC(=O)N(C)[C@H](C[C@@H](OC(C)=O)c1nc(C(=O)N[C@@H](Cc2ccc(O)c(NC(=O)CCN(C(=O)CCN3C(=O)CC(S)C3=O)N(CCC(=O)Nc3cc(C[C@@H](CC(C)C(=O)O)NC(=O)c4csc([C@@H](C[C@H](C(C)C)N(C)C(=O)[C@@H](NC(=O)CCCCCNC)[C@@H](C)CC)OC(C)=O)n4)ccc3O)C(=O)CCN3C(=O)CC(S)C3=O)c2)CC(C)C(=O)O)cs1)C(C)C. The molecule has 13 amide bonds. The third-order valence-electron chi connectivity index (χ3n) is 23.1. The van der Waals surface area contributed by atoms with E-state index in [1.807, 2.05) is 62.4 Å². The highest BCUT2D eigenvalue weighted by atomic mass is 32.1. The first-order chi connectivity index (χ1) is 61.2. The number of rotatable bonds is 53. The van der Waals surface area contributed by atoms with Gasteiger partial charge in [0, 0.05) is 140 Å². The molecule has 2 aliphatic rings. The molecule has 13 atom stereocenters. The monoisotopic (exact) mass is 1890 g/mol. The molecule has 2 saturated heterocycles. The Hall–Kier alpha value is -10.7. The molecule has 2 fully saturated rings. The molecule has 6 rings (SSSR count). The molecule has 0 spiro atoms. The zero-order valence-electron chi connectivity index (χ0n) is 76.6. The van der Waals surface area contributed by atoms with Gasteiger partial charge in [-0.2, -0.15) is 25.3 Å². The highest BCUT2D eigenvalue weighted by Gasteiger charge is 2.42. The van der Waals surface area contributed by atoms with E-state index in [4.69, 9.17) is 9.47 Å². The van der Waals surface area contributed by atoms with Crippen LogP contribution in [0.3, 0.4) is 0 Å². The van der Waals surface area contributed by atoms with E-state index < -0.39 is 211 Å². The molecule has 130 heavy (non-hydrogen) atoms. The largest absolute Gasteiger partial charge is 0.506 e. The average molecular weight is 1890 g/mol. The Morgan fingerprint density at radius 1 is 0.546 bits per heavy atom. The van der Waals surface area contributed by atoms with Gasteiger partial charge in [-0.15, -0.1) is 22.7 Å². The van der Waals surface area contributed by atoms with Crippen LogP contribution in [0, 0.1) is 35.5 Å². The standard InChI is InChI=1S/C89H128N14O23S4/c1-16-50(7)35-77(113)98(14)64(48(3)4)42-68(125-54(11)104)83-95-62(46-129-83)81(116)91-58(36-52(9)88(121)122)38-56-22-24-66(106)60(40-56)93-73(109)26-33-102(75(111)28-31-100-78(114)44-70(127)85(100)118)103(76(112)29-32-101-79(115)45-71(128)86(101)119)34-27-74(110)94-61-41-57(23-25-67(61)107)39-59(37-53(10)89(123)124)92-82(117)63-47-130-84(96-63)69(126-55(12)105)43-65(49(5)6)99(15)87(120)80(51(8)17-2)97-72(108)21-19-18-20-30-90-13/h22-25,40-41,46-53,58-59,64-65,68-71,80,90,106-107,127-128H,16-21,26-39,42-45H2,1-15H3,(H,91,116)(H,92,117)(H,93,109)(H,94,110)(H,97,108)(H,121,122)(H,123,124)/t50-,51-,52?,53?,58+,59+,64+,65+,68+,69+,70?,71?,80-/m0/s1. The number of likely N-dealkylation sites (N-methyl/N-ethyl adjacent to an activating group) is 1. The van der Waals surface area contributed by atoms with Crippen LogP contribution in [0.1, 0.15) is 247 Å². The topological polar surface area (TPSA) is 507 Å². The van der Waals surface area contributed by atoms with E-state index in [9.17, 15) is 102 Å². The van der Waals surface area contributed by atoms with Crippen LogP contribution >= 0.6 is 47.9 Å². The van der Waals surface area contributed by atoms with Crippen LogP contribution in [0.4, 0.5) is 11.4 Å². The van der Waals surface area contributed by atoms with E-state index in [-0.39, 0.29) is 132 Å². The second-order valence-electron chi connectivity index (χ2n) is 34.2. The molecular weight excluding hydrogens is 1760 g/mol. The number of nitrogens with one attached hydrogen (secondary N) is 6. The Balaban J connectivity index is 1.25. The first-order valence-corrected chi connectivity index (χ1v) is 46.7. The summed E-state index contributed by atoms with van der Waals surface area (Å²) in [7, 11) is 5.17. The summed E-state index contributed by atoms with van der Waals surface area (Å²) in [5.74, 6) is -16.0. The lowest BCUT2D eigenvalue weighted by atomic mass is 9.93. The fraction of sp³-hybridized carbons (Fsp3) is 0.607. The van der Waals surface area contributed by atoms with Crippen molar-refractivity contribution in [3.05, 3.63) is 79.7 Å². The van der Waals surface area contributed by atoms with Gasteiger partial charge >= 0.3 is 23.9 Å². The average Bonchev–Trinajstić information content (AvgIpc) is 1.71. The Labute approximate surface area is 777 Å². The maximum absolute atomic E-state index is 14.9. The Bertz CT molecular complexity index is 4620. The number of hydrogen-bond donors (Lipinski definition) is 12. The van der Waals surface area contributed by atoms with Crippen molar-refractivity contribution in [2.24, 2.45) is 35.5 Å². The Kier molecular flexibility index (Phi) is 43.1. The Morgan fingerprint density at radius 2 is 0.969 bits per heavy atom. The van der Waals surface area contributed by atoms with Crippen LogP contribution in [0.15, 0.2) is 47.2 Å². The van der Waals surface area contributed by atoms with E-state index in [0.717, 1.165) is 68.3 Å². The highest BCUT2D eigenvalue weighted by molar-refractivity contribution is 7.82.